The number of nitrogens with zero attached hydrogens (tertiary/aromatic N) is 1. The Balaban J connectivity index is 1.45. The fourth-order valence-corrected chi connectivity index (χ4v) is 3.42. The molecule has 0 aromatic heterocycles. The van der Waals surface area contributed by atoms with Gasteiger partial charge in [0.05, 0.1) is 0 Å². The van der Waals surface area contributed by atoms with Crippen molar-refractivity contribution >= 4 is 28.3 Å². The molecule has 1 N–H and O–H groups in total. The Labute approximate surface area is 152 Å². The molecule has 0 unspecified atom stereocenters. The zero-order valence-electron chi connectivity index (χ0n) is 14.4. The van der Waals surface area contributed by atoms with E-state index in [1.165, 1.54) is 0 Å². The van der Waals surface area contributed by atoms with E-state index in [9.17, 15) is 9.59 Å². The summed E-state index contributed by atoms with van der Waals surface area (Å²) in [5, 5.41) is 5.00. The van der Waals surface area contributed by atoms with Crippen LogP contribution in [0.4, 0.5) is 5.69 Å². The standard InChI is InChI=1S/C22H20N2O2/c25-21-9-4-14-24(21)18-12-10-16(11-13-18)15-23-22(26)20-8-3-6-17-5-1-2-7-19(17)20/h1-3,5-8,10-13H,4,9,14-15H2,(H,23,26). The van der Waals surface area contributed by atoms with Gasteiger partial charge in [0.1, 0.15) is 0 Å². The highest BCUT2D eigenvalue weighted by molar-refractivity contribution is 6.07. The lowest BCUT2D eigenvalue weighted by atomic mass is 10.0. The molecule has 26 heavy (non-hydrogen) atoms. The van der Waals surface area contributed by atoms with Gasteiger partial charge in [0, 0.05) is 30.8 Å². The molecular weight excluding hydrogens is 324 g/mol. The number of fused-ring (bicyclic) bond motifs is 1. The largest absolute Gasteiger partial charge is 0.348 e. The summed E-state index contributed by atoms with van der Waals surface area (Å²) in [5.74, 6) is 0.0996. The Hall–Kier alpha value is -3.14. The van der Waals surface area contributed by atoms with Gasteiger partial charge in [0.15, 0.2) is 0 Å². The maximum Gasteiger partial charge on any atom is 0.252 e. The minimum atomic E-state index is -0.0828. The van der Waals surface area contributed by atoms with Crippen molar-refractivity contribution in [3.8, 4) is 0 Å². The summed E-state index contributed by atoms with van der Waals surface area (Å²) in [6, 6.07) is 21.5. The van der Waals surface area contributed by atoms with Gasteiger partial charge in [-0.1, -0.05) is 48.5 Å². The van der Waals surface area contributed by atoms with Crippen LogP contribution in [0.3, 0.4) is 0 Å². The minimum absolute atomic E-state index is 0.0828. The van der Waals surface area contributed by atoms with E-state index in [0.717, 1.165) is 35.0 Å². The third kappa shape index (κ3) is 3.18. The summed E-state index contributed by atoms with van der Waals surface area (Å²) in [4.78, 5) is 26.2. The second-order valence-electron chi connectivity index (χ2n) is 6.52. The topological polar surface area (TPSA) is 49.4 Å². The first-order valence-corrected chi connectivity index (χ1v) is 8.88. The van der Waals surface area contributed by atoms with E-state index in [1.54, 1.807) is 0 Å². The Kier molecular flexibility index (Phi) is 4.40. The van der Waals surface area contributed by atoms with Crippen molar-refractivity contribution in [2.24, 2.45) is 0 Å². The molecular formula is C22H20N2O2. The van der Waals surface area contributed by atoms with Gasteiger partial charge in [-0.2, -0.15) is 0 Å². The molecule has 4 rings (SSSR count). The molecule has 0 atom stereocenters. The number of hydrogen-bond acceptors (Lipinski definition) is 2. The number of benzene rings is 3. The van der Waals surface area contributed by atoms with E-state index in [0.29, 0.717) is 18.5 Å². The smallest absolute Gasteiger partial charge is 0.252 e. The predicted octanol–water partition coefficient (Wildman–Crippen LogP) is 3.90. The van der Waals surface area contributed by atoms with Crippen LogP contribution in [-0.4, -0.2) is 18.4 Å². The fourth-order valence-electron chi connectivity index (χ4n) is 3.42. The van der Waals surface area contributed by atoms with Gasteiger partial charge >= 0.3 is 0 Å². The molecule has 0 spiro atoms. The van der Waals surface area contributed by atoms with Crippen molar-refractivity contribution < 1.29 is 9.59 Å². The quantitative estimate of drug-likeness (QED) is 0.780. The summed E-state index contributed by atoms with van der Waals surface area (Å²) in [6.45, 7) is 1.24. The van der Waals surface area contributed by atoms with Crippen molar-refractivity contribution in [3.63, 3.8) is 0 Å². The van der Waals surface area contributed by atoms with E-state index in [-0.39, 0.29) is 11.8 Å². The molecule has 4 heteroatoms. The van der Waals surface area contributed by atoms with Crippen LogP contribution in [0.2, 0.25) is 0 Å². The van der Waals surface area contributed by atoms with Gasteiger partial charge in [0.2, 0.25) is 5.91 Å². The van der Waals surface area contributed by atoms with Crippen molar-refractivity contribution in [1.82, 2.24) is 5.32 Å². The molecule has 0 radical (unpaired) electrons. The fraction of sp³-hybridized carbons (Fsp3) is 0.182. The normalized spacial score (nSPS) is 14.0. The zero-order chi connectivity index (χ0) is 17.9. The van der Waals surface area contributed by atoms with E-state index >= 15 is 0 Å². The molecule has 1 heterocycles. The number of nitrogens with one attached hydrogen (secondary N) is 1. The van der Waals surface area contributed by atoms with Crippen LogP contribution in [0.15, 0.2) is 66.7 Å². The lowest BCUT2D eigenvalue weighted by Gasteiger charge is -2.16. The number of rotatable bonds is 4. The van der Waals surface area contributed by atoms with Crippen LogP contribution in [0.25, 0.3) is 10.8 Å². The number of carbonyl (C=O) groups excluding carboxylic acids is 2. The first kappa shape index (κ1) is 16.3. The SMILES string of the molecule is O=C(NCc1ccc(N2CCCC2=O)cc1)c1cccc2ccccc12. The molecule has 130 valence electrons. The van der Waals surface area contributed by atoms with Gasteiger partial charge in [-0.3, -0.25) is 9.59 Å². The van der Waals surface area contributed by atoms with Crippen molar-refractivity contribution in [1.29, 1.82) is 0 Å². The van der Waals surface area contributed by atoms with Crippen LogP contribution in [0, 0.1) is 0 Å². The number of carbonyl (C=O) groups is 2. The molecule has 3 aromatic carbocycles. The predicted molar refractivity (Wildman–Crippen MR) is 103 cm³/mol. The van der Waals surface area contributed by atoms with Gasteiger partial charge in [-0.25, -0.2) is 0 Å². The number of amides is 2. The molecule has 0 bridgehead atoms. The molecule has 2 amide bonds. The summed E-state index contributed by atoms with van der Waals surface area (Å²) in [7, 11) is 0. The first-order chi connectivity index (χ1) is 12.7. The molecule has 4 nitrogen and oxygen atoms in total. The van der Waals surface area contributed by atoms with Gasteiger partial charge in [-0.05, 0) is 41.0 Å². The third-order valence-electron chi connectivity index (χ3n) is 4.81. The van der Waals surface area contributed by atoms with Gasteiger partial charge < -0.3 is 10.2 Å². The summed E-state index contributed by atoms with van der Waals surface area (Å²) >= 11 is 0. The van der Waals surface area contributed by atoms with Crippen molar-refractivity contribution in [3.05, 3.63) is 77.9 Å². The van der Waals surface area contributed by atoms with E-state index in [2.05, 4.69) is 5.32 Å². The van der Waals surface area contributed by atoms with Crippen LogP contribution >= 0.6 is 0 Å². The highest BCUT2D eigenvalue weighted by Crippen LogP contribution is 2.22. The Bertz CT molecular complexity index is 958. The average Bonchev–Trinajstić information content (AvgIpc) is 3.12. The van der Waals surface area contributed by atoms with Crippen LogP contribution in [-0.2, 0) is 11.3 Å². The van der Waals surface area contributed by atoms with E-state index < -0.39 is 0 Å². The Morgan fingerprint density at radius 3 is 2.50 bits per heavy atom. The average molecular weight is 344 g/mol. The lowest BCUT2D eigenvalue weighted by molar-refractivity contribution is -0.117. The number of hydrogen-bond donors (Lipinski definition) is 1. The Morgan fingerprint density at radius 1 is 0.962 bits per heavy atom. The highest BCUT2D eigenvalue weighted by Gasteiger charge is 2.21. The highest BCUT2D eigenvalue weighted by atomic mass is 16.2. The monoisotopic (exact) mass is 344 g/mol. The molecule has 3 aromatic rings. The summed E-state index contributed by atoms with van der Waals surface area (Å²) in [6.07, 6.45) is 1.55. The summed E-state index contributed by atoms with van der Waals surface area (Å²) in [5.41, 5.74) is 2.62. The third-order valence-corrected chi connectivity index (χ3v) is 4.81. The van der Waals surface area contributed by atoms with Crippen molar-refractivity contribution in [2.45, 2.75) is 19.4 Å². The van der Waals surface area contributed by atoms with E-state index in [1.807, 2.05) is 71.6 Å². The Morgan fingerprint density at radius 2 is 1.73 bits per heavy atom. The first-order valence-electron chi connectivity index (χ1n) is 8.88. The van der Waals surface area contributed by atoms with Gasteiger partial charge in [0.25, 0.3) is 5.91 Å². The maximum absolute atomic E-state index is 12.6. The minimum Gasteiger partial charge on any atom is -0.348 e. The molecule has 1 aliphatic rings. The molecule has 1 aliphatic heterocycles. The molecule has 0 aliphatic carbocycles. The number of anilines is 1. The van der Waals surface area contributed by atoms with Crippen molar-refractivity contribution in [2.75, 3.05) is 11.4 Å². The second kappa shape index (κ2) is 7.00. The van der Waals surface area contributed by atoms with Crippen LogP contribution < -0.4 is 10.2 Å². The summed E-state index contributed by atoms with van der Waals surface area (Å²) < 4.78 is 0. The zero-order valence-corrected chi connectivity index (χ0v) is 14.4. The van der Waals surface area contributed by atoms with Crippen LogP contribution in [0.5, 0.6) is 0 Å². The maximum atomic E-state index is 12.6. The van der Waals surface area contributed by atoms with Crippen LogP contribution in [0.1, 0.15) is 28.8 Å². The molecule has 1 saturated heterocycles. The second-order valence-corrected chi connectivity index (χ2v) is 6.52. The van der Waals surface area contributed by atoms with Gasteiger partial charge in [-0.15, -0.1) is 0 Å². The van der Waals surface area contributed by atoms with E-state index in [4.69, 9.17) is 0 Å². The molecule has 1 fully saturated rings. The lowest BCUT2D eigenvalue weighted by Crippen LogP contribution is -2.24. The molecule has 0 saturated carbocycles.